The zero-order valence-electron chi connectivity index (χ0n) is 17.4. The minimum Gasteiger partial charge on any atom is -0.385 e. The molecule has 0 fully saturated rings. The number of nitrogens with one attached hydrogen (secondary N) is 3. The van der Waals surface area contributed by atoms with Crippen LogP contribution in [0, 0.1) is 0 Å². The Kier molecular flexibility index (Phi) is 16.8. The second kappa shape index (κ2) is 17.7. The normalized spacial score (nSPS) is 11.1. The molecule has 3 N–H and O–H groups in total. The number of benzene rings is 1. The second-order valence-corrected chi connectivity index (χ2v) is 6.31. The van der Waals surface area contributed by atoms with E-state index in [1.54, 1.807) is 7.11 Å². The predicted octanol–water partition coefficient (Wildman–Crippen LogP) is 1.95. The maximum Gasteiger partial charge on any atom is 0.251 e. The molecule has 1 rings (SSSR count). The first-order valence-electron chi connectivity index (χ1n) is 9.70. The lowest BCUT2D eigenvalue weighted by molar-refractivity contribution is 0.0953. The molecule has 0 aliphatic heterocycles. The topological polar surface area (TPSA) is 78.0 Å². The summed E-state index contributed by atoms with van der Waals surface area (Å²) in [5.74, 6) is 0.776. The Balaban J connectivity index is 0.00000729. The molecule has 0 heterocycles. The van der Waals surface area contributed by atoms with Crippen LogP contribution >= 0.6 is 24.0 Å². The van der Waals surface area contributed by atoms with E-state index in [0.29, 0.717) is 18.7 Å². The number of amides is 1. The van der Waals surface area contributed by atoms with Crippen molar-refractivity contribution in [3.05, 3.63) is 35.9 Å². The van der Waals surface area contributed by atoms with E-state index in [1.165, 1.54) is 0 Å². The van der Waals surface area contributed by atoms with Gasteiger partial charge >= 0.3 is 0 Å². The summed E-state index contributed by atoms with van der Waals surface area (Å²) in [4.78, 5) is 18.8. The largest absolute Gasteiger partial charge is 0.385 e. The van der Waals surface area contributed by atoms with Crippen molar-refractivity contribution < 1.29 is 9.53 Å². The van der Waals surface area contributed by atoms with Gasteiger partial charge in [-0.25, -0.2) is 0 Å². The fraction of sp³-hybridized carbons (Fsp3) is 0.600. The number of guanidine groups is 1. The minimum atomic E-state index is -0.0406. The van der Waals surface area contributed by atoms with Crippen LogP contribution in [0.3, 0.4) is 0 Å². The van der Waals surface area contributed by atoms with Crippen molar-refractivity contribution in [2.75, 3.05) is 60.0 Å². The molecular formula is C20H36IN5O2. The van der Waals surface area contributed by atoms with Crippen molar-refractivity contribution in [1.29, 1.82) is 0 Å². The lowest BCUT2D eigenvalue weighted by Gasteiger charge is -2.18. The molecule has 0 aliphatic rings. The molecule has 1 amide bonds. The van der Waals surface area contributed by atoms with Gasteiger partial charge in [0, 0.05) is 58.5 Å². The number of likely N-dealkylation sites (N-methyl/N-ethyl adjacent to an activating group) is 1. The summed E-state index contributed by atoms with van der Waals surface area (Å²) in [6.07, 6.45) is 1.84. The molecule has 0 aliphatic carbocycles. The number of hydrogen-bond acceptors (Lipinski definition) is 4. The lowest BCUT2D eigenvalue weighted by Crippen LogP contribution is -2.41. The van der Waals surface area contributed by atoms with Gasteiger partial charge in [-0.1, -0.05) is 18.2 Å². The third kappa shape index (κ3) is 12.9. The van der Waals surface area contributed by atoms with Crippen LogP contribution in [-0.2, 0) is 4.74 Å². The summed E-state index contributed by atoms with van der Waals surface area (Å²) >= 11 is 0. The highest BCUT2D eigenvalue weighted by atomic mass is 127. The van der Waals surface area contributed by atoms with E-state index in [2.05, 4.69) is 32.9 Å². The Morgan fingerprint density at radius 1 is 1.07 bits per heavy atom. The summed E-state index contributed by atoms with van der Waals surface area (Å²) < 4.78 is 5.07. The van der Waals surface area contributed by atoms with Crippen molar-refractivity contribution in [3.8, 4) is 0 Å². The number of ether oxygens (including phenoxy) is 1. The van der Waals surface area contributed by atoms with Crippen LogP contribution in [0.25, 0.3) is 0 Å². The molecule has 7 nitrogen and oxygen atoms in total. The van der Waals surface area contributed by atoms with Crippen LogP contribution in [0.5, 0.6) is 0 Å². The molecule has 28 heavy (non-hydrogen) atoms. The molecular weight excluding hydrogens is 469 g/mol. The van der Waals surface area contributed by atoms with Gasteiger partial charge in [0.25, 0.3) is 5.91 Å². The van der Waals surface area contributed by atoms with Gasteiger partial charge in [0.05, 0.1) is 0 Å². The summed E-state index contributed by atoms with van der Waals surface area (Å²) in [5, 5.41) is 9.51. The van der Waals surface area contributed by atoms with E-state index in [0.717, 1.165) is 51.6 Å². The highest BCUT2D eigenvalue weighted by molar-refractivity contribution is 14.0. The van der Waals surface area contributed by atoms with Gasteiger partial charge in [-0.05, 0) is 38.9 Å². The number of hydrogen-bond donors (Lipinski definition) is 3. The van der Waals surface area contributed by atoms with Crippen LogP contribution in [0.15, 0.2) is 35.3 Å². The van der Waals surface area contributed by atoms with Crippen LogP contribution < -0.4 is 16.0 Å². The third-order valence-corrected chi connectivity index (χ3v) is 3.94. The molecule has 0 atom stereocenters. The molecule has 0 aromatic heterocycles. The molecule has 0 bridgehead atoms. The fourth-order valence-corrected chi connectivity index (χ4v) is 2.46. The number of nitrogens with zero attached hydrogens (tertiary/aromatic N) is 2. The van der Waals surface area contributed by atoms with Crippen molar-refractivity contribution >= 4 is 35.8 Å². The van der Waals surface area contributed by atoms with Gasteiger partial charge in [0.15, 0.2) is 5.96 Å². The zero-order valence-corrected chi connectivity index (χ0v) is 19.7. The highest BCUT2D eigenvalue weighted by Crippen LogP contribution is 1.97. The van der Waals surface area contributed by atoms with Gasteiger partial charge < -0.3 is 25.6 Å². The van der Waals surface area contributed by atoms with E-state index < -0.39 is 0 Å². The van der Waals surface area contributed by atoms with E-state index in [4.69, 9.17) is 4.74 Å². The Morgan fingerprint density at radius 2 is 1.82 bits per heavy atom. The van der Waals surface area contributed by atoms with Gasteiger partial charge in [0.2, 0.25) is 0 Å². The number of methoxy groups -OCH3 is 1. The fourth-order valence-electron chi connectivity index (χ4n) is 2.46. The molecule has 0 saturated heterocycles. The van der Waals surface area contributed by atoms with E-state index in [-0.39, 0.29) is 29.9 Å². The number of rotatable bonds is 13. The smallest absolute Gasteiger partial charge is 0.251 e. The van der Waals surface area contributed by atoms with Crippen molar-refractivity contribution in [3.63, 3.8) is 0 Å². The number of carbonyl (C=O) groups excluding carboxylic acids is 1. The number of carbonyl (C=O) groups is 1. The Morgan fingerprint density at radius 3 is 2.50 bits per heavy atom. The van der Waals surface area contributed by atoms with E-state index >= 15 is 0 Å². The Hall–Kier alpha value is -1.39. The molecule has 1 aromatic rings. The molecule has 8 heteroatoms. The van der Waals surface area contributed by atoms with Crippen LogP contribution in [0.2, 0.25) is 0 Å². The average molecular weight is 505 g/mol. The first-order valence-corrected chi connectivity index (χ1v) is 9.70. The highest BCUT2D eigenvalue weighted by Gasteiger charge is 2.03. The average Bonchev–Trinajstić information content (AvgIpc) is 2.68. The van der Waals surface area contributed by atoms with Crippen molar-refractivity contribution in [2.24, 2.45) is 4.99 Å². The molecule has 0 unspecified atom stereocenters. The van der Waals surface area contributed by atoms with E-state index in [9.17, 15) is 4.79 Å². The maximum atomic E-state index is 12.0. The molecule has 160 valence electrons. The van der Waals surface area contributed by atoms with Gasteiger partial charge in [-0.15, -0.1) is 24.0 Å². The maximum absolute atomic E-state index is 12.0. The van der Waals surface area contributed by atoms with Crippen LogP contribution in [-0.4, -0.2) is 76.8 Å². The number of aliphatic imine (C=N–C) groups is 1. The Bertz CT molecular complexity index is 543. The quantitative estimate of drug-likeness (QED) is 0.165. The van der Waals surface area contributed by atoms with Crippen molar-refractivity contribution in [1.82, 2.24) is 20.9 Å². The monoisotopic (exact) mass is 505 g/mol. The van der Waals surface area contributed by atoms with Crippen LogP contribution in [0.4, 0.5) is 0 Å². The number of halogens is 1. The van der Waals surface area contributed by atoms with Gasteiger partial charge in [0.1, 0.15) is 0 Å². The first kappa shape index (κ1) is 26.6. The third-order valence-electron chi connectivity index (χ3n) is 3.94. The molecule has 1 aromatic carbocycles. The lowest BCUT2D eigenvalue weighted by atomic mass is 10.2. The summed E-state index contributed by atoms with van der Waals surface area (Å²) in [5.41, 5.74) is 0.686. The van der Waals surface area contributed by atoms with Gasteiger partial charge in [-0.3, -0.25) is 9.79 Å². The summed E-state index contributed by atoms with van der Waals surface area (Å²) in [7, 11) is 3.84. The van der Waals surface area contributed by atoms with E-state index in [1.807, 2.05) is 37.3 Å². The standard InChI is InChI=1S/C20H35N5O2.HI/c1-4-21-20(24-14-16-25(2)15-9-17-27-3)23-13-8-12-22-19(26)18-10-6-5-7-11-18;/h5-7,10-11H,4,8-9,12-17H2,1-3H3,(H,22,26)(H2,21,23,24);1H. The zero-order chi connectivity index (χ0) is 19.7. The first-order chi connectivity index (χ1) is 13.2. The SMILES string of the molecule is CCNC(=NCCCNC(=O)c1ccccc1)NCCN(C)CCCOC.I. The van der Waals surface area contributed by atoms with Gasteiger partial charge in [-0.2, -0.15) is 0 Å². The molecule has 0 radical (unpaired) electrons. The molecule has 0 spiro atoms. The summed E-state index contributed by atoms with van der Waals surface area (Å²) in [6.45, 7) is 7.73. The predicted molar refractivity (Wildman–Crippen MR) is 127 cm³/mol. The van der Waals surface area contributed by atoms with Crippen molar-refractivity contribution in [2.45, 2.75) is 19.8 Å². The summed E-state index contributed by atoms with van der Waals surface area (Å²) in [6, 6.07) is 9.25. The minimum absolute atomic E-state index is 0. The second-order valence-electron chi connectivity index (χ2n) is 6.31. The molecule has 0 saturated carbocycles. The van der Waals surface area contributed by atoms with Crippen LogP contribution in [0.1, 0.15) is 30.1 Å². The Labute approximate surface area is 186 Å².